The Bertz CT molecular complexity index is 1040. The summed E-state index contributed by atoms with van der Waals surface area (Å²) >= 11 is 4.54. The first kappa shape index (κ1) is 21.6. The second-order valence-electron chi connectivity index (χ2n) is 6.34. The Labute approximate surface area is 182 Å². The number of carbonyl (C=O) groups is 1. The van der Waals surface area contributed by atoms with Crippen LogP contribution >= 0.6 is 27.3 Å². The molecular weight excluding hydrogens is 476 g/mol. The van der Waals surface area contributed by atoms with Crippen LogP contribution in [0.15, 0.2) is 69.5 Å². The van der Waals surface area contributed by atoms with Crippen molar-refractivity contribution in [3.05, 3.63) is 70.1 Å². The average Bonchev–Trinajstić information content (AvgIpc) is 3.21. The van der Waals surface area contributed by atoms with Gasteiger partial charge in [0.05, 0.1) is 4.90 Å². The lowest BCUT2D eigenvalue weighted by Crippen LogP contribution is -2.32. The summed E-state index contributed by atoms with van der Waals surface area (Å²) in [5, 5.41) is 10.6. The lowest BCUT2D eigenvalue weighted by atomic mass is 9.95. The van der Waals surface area contributed by atoms with Crippen molar-refractivity contribution in [1.82, 2.24) is 14.5 Å². The van der Waals surface area contributed by atoms with Gasteiger partial charge in [-0.1, -0.05) is 57.6 Å². The number of amides is 1. The molecule has 3 rings (SSSR count). The fraction of sp³-hybridized carbons (Fsp3) is 0.211. The molecule has 0 aliphatic heterocycles. The molecule has 152 valence electrons. The van der Waals surface area contributed by atoms with Gasteiger partial charge in [-0.25, -0.2) is 12.7 Å². The third kappa shape index (κ3) is 5.69. The molecule has 1 aromatic heterocycles. The lowest BCUT2D eigenvalue weighted by Gasteiger charge is -2.24. The van der Waals surface area contributed by atoms with E-state index in [1.807, 2.05) is 30.3 Å². The Morgan fingerprint density at radius 3 is 2.48 bits per heavy atom. The maximum atomic E-state index is 12.9. The summed E-state index contributed by atoms with van der Waals surface area (Å²) in [5.74, 6) is -0.565. The van der Waals surface area contributed by atoms with E-state index in [0.29, 0.717) is 5.13 Å². The van der Waals surface area contributed by atoms with Gasteiger partial charge in [-0.15, -0.1) is 10.2 Å². The summed E-state index contributed by atoms with van der Waals surface area (Å²) in [6, 6.07) is 15.9. The predicted octanol–water partition coefficient (Wildman–Crippen LogP) is 3.73. The first-order valence-corrected chi connectivity index (χ1v) is 11.8. The molecule has 0 bridgehead atoms. The number of aromatic nitrogens is 2. The van der Waals surface area contributed by atoms with Gasteiger partial charge in [0, 0.05) is 30.4 Å². The molecule has 29 heavy (non-hydrogen) atoms. The molecule has 0 unspecified atom stereocenters. The zero-order chi connectivity index (χ0) is 20.9. The minimum Gasteiger partial charge on any atom is -0.301 e. The minimum absolute atomic E-state index is 0.115. The molecule has 10 heteroatoms. The molecule has 0 aliphatic rings. The number of likely N-dealkylation sites (N-methyl/N-ethyl adjacent to an activating group) is 1. The smallest absolute Gasteiger partial charge is 0.242 e. The number of hydrogen-bond donors (Lipinski definition) is 1. The molecule has 7 nitrogen and oxygen atoms in total. The van der Waals surface area contributed by atoms with Gasteiger partial charge in [0.25, 0.3) is 0 Å². The molecule has 0 fully saturated rings. The van der Waals surface area contributed by atoms with Gasteiger partial charge in [0.15, 0.2) is 0 Å². The van der Waals surface area contributed by atoms with E-state index in [2.05, 4.69) is 31.4 Å². The number of nitrogens with zero attached hydrogens (tertiary/aromatic N) is 3. The zero-order valence-corrected chi connectivity index (χ0v) is 18.7. The monoisotopic (exact) mass is 494 g/mol. The van der Waals surface area contributed by atoms with Crippen molar-refractivity contribution in [2.45, 2.75) is 17.2 Å². The Morgan fingerprint density at radius 1 is 1.17 bits per heavy atom. The van der Waals surface area contributed by atoms with Crippen molar-refractivity contribution in [3.8, 4) is 0 Å². The highest BCUT2D eigenvalue weighted by atomic mass is 79.9. The van der Waals surface area contributed by atoms with Gasteiger partial charge >= 0.3 is 0 Å². The van der Waals surface area contributed by atoms with Crippen molar-refractivity contribution in [1.29, 1.82) is 0 Å². The molecule has 0 radical (unpaired) electrons. The largest absolute Gasteiger partial charge is 0.301 e. The van der Waals surface area contributed by atoms with E-state index in [0.717, 1.165) is 10.0 Å². The molecule has 0 aliphatic carbocycles. The van der Waals surface area contributed by atoms with Gasteiger partial charge in [0.2, 0.25) is 21.1 Å². The zero-order valence-electron chi connectivity index (χ0n) is 15.5. The van der Waals surface area contributed by atoms with E-state index in [1.54, 1.807) is 24.3 Å². The van der Waals surface area contributed by atoms with Crippen LogP contribution in [0.5, 0.6) is 0 Å². The standard InChI is InChI=1S/C19H19BrN4O3S2/c1-24(29(26,27)17-9-7-16(20)8-10-17)12-15(14-5-3-2-4-6-14)11-18(25)22-19-23-21-13-28-19/h2-10,13,15H,11-12H2,1H3,(H,22,23,25)/t15-/m0/s1. The van der Waals surface area contributed by atoms with E-state index in [9.17, 15) is 13.2 Å². The molecule has 2 aromatic carbocycles. The van der Waals surface area contributed by atoms with Gasteiger partial charge in [-0.2, -0.15) is 0 Å². The van der Waals surface area contributed by atoms with E-state index in [-0.39, 0.29) is 29.7 Å². The Balaban J connectivity index is 1.79. The van der Waals surface area contributed by atoms with Crippen LogP contribution in [0.25, 0.3) is 0 Å². The highest BCUT2D eigenvalue weighted by Crippen LogP contribution is 2.25. The number of hydrogen-bond acceptors (Lipinski definition) is 6. The maximum Gasteiger partial charge on any atom is 0.242 e. The van der Waals surface area contributed by atoms with Crippen LogP contribution in [-0.4, -0.2) is 42.4 Å². The summed E-state index contributed by atoms with van der Waals surface area (Å²) < 4.78 is 28.0. The van der Waals surface area contributed by atoms with Gasteiger partial charge in [-0.05, 0) is 29.8 Å². The summed E-state index contributed by atoms with van der Waals surface area (Å²) in [5.41, 5.74) is 2.42. The van der Waals surface area contributed by atoms with Crippen molar-refractivity contribution >= 4 is 48.3 Å². The van der Waals surface area contributed by atoms with Crippen molar-refractivity contribution in [2.75, 3.05) is 18.9 Å². The van der Waals surface area contributed by atoms with Crippen LogP contribution in [0.2, 0.25) is 0 Å². The Morgan fingerprint density at radius 2 is 1.86 bits per heavy atom. The second-order valence-corrected chi connectivity index (χ2v) is 10.1. The van der Waals surface area contributed by atoms with E-state index in [1.165, 1.54) is 28.2 Å². The second kappa shape index (κ2) is 9.57. The number of rotatable bonds is 8. The van der Waals surface area contributed by atoms with Crippen LogP contribution in [0.3, 0.4) is 0 Å². The summed E-state index contributed by atoms with van der Waals surface area (Å²) in [4.78, 5) is 12.7. The first-order valence-electron chi connectivity index (χ1n) is 8.69. The third-order valence-electron chi connectivity index (χ3n) is 4.31. The van der Waals surface area contributed by atoms with Crippen LogP contribution in [0, 0.1) is 0 Å². The number of halogens is 1. The van der Waals surface area contributed by atoms with Crippen LogP contribution in [-0.2, 0) is 14.8 Å². The topological polar surface area (TPSA) is 92.3 Å². The minimum atomic E-state index is -3.68. The van der Waals surface area contributed by atoms with Gasteiger partial charge < -0.3 is 5.32 Å². The average molecular weight is 495 g/mol. The SMILES string of the molecule is CN(C[C@H](CC(=O)Nc1nncs1)c1ccccc1)S(=O)(=O)c1ccc(Br)cc1. The van der Waals surface area contributed by atoms with E-state index < -0.39 is 10.0 Å². The maximum absolute atomic E-state index is 12.9. The fourth-order valence-electron chi connectivity index (χ4n) is 2.83. The number of benzene rings is 2. The molecule has 0 saturated carbocycles. The normalized spacial score (nSPS) is 12.7. The number of sulfonamides is 1. The van der Waals surface area contributed by atoms with Crippen molar-refractivity contribution in [2.24, 2.45) is 0 Å². The Hall–Kier alpha value is -2.14. The summed E-state index contributed by atoms with van der Waals surface area (Å²) in [7, 11) is -2.16. The Kier molecular flexibility index (Phi) is 7.12. The third-order valence-corrected chi connectivity index (χ3v) is 7.28. The lowest BCUT2D eigenvalue weighted by molar-refractivity contribution is -0.116. The molecule has 1 amide bonds. The summed E-state index contributed by atoms with van der Waals surface area (Å²) in [6.45, 7) is 0.159. The van der Waals surface area contributed by atoms with Crippen molar-refractivity contribution in [3.63, 3.8) is 0 Å². The van der Waals surface area contributed by atoms with Crippen LogP contribution < -0.4 is 5.32 Å². The molecule has 3 aromatic rings. The highest BCUT2D eigenvalue weighted by Gasteiger charge is 2.26. The van der Waals surface area contributed by atoms with Gasteiger partial charge in [0.1, 0.15) is 5.51 Å². The number of anilines is 1. The quantitative estimate of drug-likeness (QED) is 0.514. The fourth-order valence-corrected chi connectivity index (χ4v) is 4.77. The van der Waals surface area contributed by atoms with Crippen LogP contribution in [0.4, 0.5) is 5.13 Å². The highest BCUT2D eigenvalue weighted by molar-refractivity contribution is 9.10. The summed E-state index contributed by atoms with van der Waals surface area (Å²) in [6.07, 6.45) is 0.115. The van der Waals surface area contributed by atoms with E-state index in [4.69, 9.17) is 0 Å². The first-order chi connectivity index (χ1) is 13.9. The van der Waals surface area contributed by atoms with Crippen LogP contribution in [0.1, 0.15) is 17.9 Å². The molecular formula is C19H19BrN4O3S2. The molecule has 0 saturated heterocycles. The molecule has 1 N–H and O–H groups in total. The predicted molar refractivity (Wildman–Crippen MR) is 116 cm³/mol. The molecule has 1 atom stereocenters. The van der Waals surface area contributed by atoms with Gasteiger partial charge in [-0.3, -0.25) is 4.79 Å². The van der Waals surface area contributed by atoms with E-state index >= 15 is 0 Å². The number of carbonyl (C=O) groups excluding carboxylic acids is 1. The number of nitrogens with one attached hydrogen (secondary N) is 1. The molecule has 1 heterocycles. The van der Waals surface area contributed by atoms with Crippen molar-refractivity contribution < 1.29 is 13.2 Å². The molecule has 0 spiro atoms.